The standard InChI is InChI=1S/C10H15NO2S/c1-5-13-10(3,4)9-11-8(6-14-9)7(2)12/h6H,5H2,1-4H3. The second-order valence-electron chi connectivity index (χ2n) is 3.54. The fraction of sp³-hybridized carbons (Fsp3) is 0.600. The van der Waals surface area contributed by atoms with Gasteiger partial charge >= 0.3 is 0 Å². The average molecular weight is 213 g/mol. The van der Waals surface area contributed by atoms with Crippen molar-refractivity contribution in [3.8, 4) is 0 Å². The van der Waals surface area contributed by atoms with Gasteiger partial charge in [0.25, 0.3) is 0 Å². The predicted molar refractivity (Wildman–Crippen MR) is 56.8 cm³/mol. The third-order valence-corrected chi connectivity index (χ3v) is 3.03. The van der Waals surface area contributed by atoms with Crippen molar-refractivity contribution < 1.29 is 9.53 Å². The molecule has 4 heteroatoms. The molecule has 1 rings (SSSR count). The molecule has 14 heavy (non-hydrogen) atoms. The highest BCUT2D eigenvalue weighted by Gasteiger charge is 2.24. The molecular formula is C10H15NO2S. The van der Waals surface area contributed by atoms with Gasteiger partial charge in [0, 0.05) is 18.9 Å². The fourth-order valence-electron chi connectivity index (χ4n) is 1.13. The topological polar surface area (TPSA) is 39.2 Å². The second kappa shape index (κ2) is 4.19. The zero-order valence-electron chi connectivity index (χ0n) is 8.96. The molecule has 0 spiro atoms. The summed E-state index contributed by atoms with van der Waals surface area (Å²) < 4.78 is 5.55. The number of hydrogen-bond donors (Lipinski definition) is 0. The van der Waals surface area contributed by atoms with Crippen LogP contribution < -0.4 is 0 Å². The lowest BCUT2D eigenvalue weighted by Gasteiger charge is -2.21. The van der Waals surface area contributed by atoms with Crippen molar-refractivity contribution >= 4 is 17.1 Å². The number of carbonyl (C=O) groups excluding carboxylic acids is 1. The van der Waals surface area contributed by atoms with Gasteiger partial charge in [-0.05, 0) is 20.8 Å². The van der Waals surface area contributed by atoms with Gasteiger partial charge < -0.3 is 4.74 Å². The summed E-state index contributed by atoms with van der Waals surface area (Å²) in [6.45, 7) is 8.02. The number of aromatic nitrogens is 1. The number of Topliss-reactive ketones (excluding diaryl/α,β-unsaturated/α-hetero) is 1. The first-order chi connectivity index (χ1) is 6.47. The SMILES string of the molecule is CCOC(C)(C)c1nc(C(C)=O)cs1. The van der Waals surface area contributed by atoms with Gasteiger partial charge in [0.05, 0.1) is 0 Å². The largest absolute Gasteiger partial charge is 0.369 e. The van der Waals surface area contributed by atoms with Gasteiger partial charge in [0.2, 0.25) is 0 Å². The second-order valence-corrected chi connectivity index (χ2v) is 4.40. The van der Waals surface area contributed by atoms with Gasteiger partial charge in [-0.15, -0.1) is 11.3 Å². The van der Waals surface area contributed by atoms with E-state index in [0.29, 0.717) is 12.3 Å². The van der Waals surface area contributed by atoms with E-state index in [1.807, 2.05) is 20.8 Å². The maximum absolute atomic E-state index is 11.0. The van der Waals surface area contributed by atoms with E-state index in [9.17, 15) is 4.79 Å². The Morgan fingerprint density at radius 3 is 2.71 bits per heavy atom. The van der Waals surface area contributed by atoms with Crippen molar-refractivity contribution in [2.24, 2.45) is 0 Å². The number of carbonyl (C=O) groups is 1. The molecule has 3 nitrogen and oxygen atoms in total. The monoisotopic (exact) mass is 213 g/mol. The molecule has 0 aliphatic heterocycles. The molecule has 0 bridgehead atoms. The molecule has 0 fully saturated rings. The molecule has 0 amide bonds. The Labute approximate surface area is 88.1 Å². The molecule has 0 aliphatic carbocycles. The Morgan fingerprint density at radius 1 is 1.64 bits per heavy atom. The number of hydrogen-bond acceptors (Lipinski definition) is 4. The highest BCUT2D eigenvalue weighted by Crippen LogP contribution is 2.27. The van der Waals surface area contributed by atoms with Gasteiger partial charge in [-0.1, -0.05) is 0 Å². The first-order valence-electron chi connectivity index (χ1n) is 4.58. The van der Waals surface area contributed by atoms with E-state index >= 15 is 0 Å². The van der Waals surface area contributed by atoms with Crippen LogP contribution in [0.5, 0.6) is 0 Å². The maximum Gasteiger partial charge on any atom is 0.178 e. The summed E-state index contributed by atoms with van der Waals surface area (Å²) in [5, 5.41) is 2.63. The van der Waals surface area contributed by atoms with Crippen LogP contribution in [0.15, 0.2) is 5.38 Å². The molecular weight excluding hydrogens is 198 g/mol. The molecule has 0 aromatic carbocycles. The summed E-state index contributed by atoms with van der Waals surface area (Å²) in [6.07, 6.45) is 0. The summed E-state index contributed by atoms with van der Waals surface area (Å²) >= 11 is 1.47. The summed E-state index contributed by atoms with van der Waals surface area (Å²) in [6, 6.07) is 0. The molecule has 0 radical (unpaired) electrons. The third kappa shape index (κ3) is 2.39. The summed E-state index contributed by atoms with van der Waals surface area (Å²) in [5.41, 5.74) is 0.130. The number of thiazole rings is 1. The van der Waals surface area contributed by atoms with Crippen LogP contribution in [0.4, 0.5) is 0 Å². The Hall–Kier alpha value is -0.740. The Bertz CT molecular complexity index is 331. The van der Waals surface area contributed by atoms with Gasteiger partial charge in [-0.3, -0.25) is 4.79 Å². The van der Waals surface area contributed by atoms with Crippen LogP contribution in [-0.4, -0.2) is 17.4 Å². The first kappa shape index (κ1) is 11.3. The highest BCUT2D eigenvalue weighted by molar-refractivity contribution is 7.10. The summed E-state index contributed by atoms with van der Waals surface area (Å²) in [7, 11) is 0. The van der Waals surface area contributed by atoms with E-state index in [1.54, 1.807) is 5.38 Å². The summed E-state index contributed by atoms with van der Waals surface area (Å²) in [5.74, 6) is -0.000187. The van der Waals surface area contributed by atoms with Crippen molar-refractivity contribution in [2.45, 2.75) is 33.3 Å². The van der Waals surface area contributed by atoms with Crippen molar-refractivity contribution in [1.82, 2.24) is 4.98 Å². The zero-order chi connectivity index (χ0) is 10.8. The van der Waals surface area contributed by atoms with Crippen LogP contribution >= 0.6 is 11.3 Å². The molecule has 0 saturated carbocycles. The minimum Gasteiger partial charge on any atom is -0.369 e. The van der Waals surface area contributed by atoms with E-state index in [0.717, 1.165) is 5.01 Å². The fourth-order valence-corrected chi connectivity index (χ4v) is 2.07. The van der Waals surface area contributed by atoms with Gasteiger partial charge in [0.1, 0.15) is 16.3 Å². The minimum absolute atomic E-state index is 0.000187. The number of rotatable bonds is 4. The molecule has 0 saturated heterocycles. The Kier molecular flexibility index (Phi) is 3.39. The van der Waals surface area contributed by atoms with Crippen LogP contribution in [-0.2, 0) is 10.3 Å². The molecule has 0 N–H and O–H groups in total. The lowest BCUT2D eigenvalue weighted by Crippen LogP contribution is -2.21. The molecule has 0 atom stereocenters. The normalized spacial score (nSPS) is 11.7. The molecule has 1 aromatic heterocycles. The zero-order valence-corrected chi connectivity index (χ0v) is 9.77. The first-order valence-corrected chi connectivity index (χ1v) is 5.46. The van der Waals surface area contributed by atoms with Crippen molar-refractivity contribution in [1.29, 1.82) is 0 Å². The van der Waals surface area contributed by atoms with Gasteiger partial charge in [-0.2, -0.15) is 0 Å². The van der Waals surface area contributed by atoms with E-state index in [4.69, 9.17) is 4.74 Å². The van der Waals surface area contributed by atoms with E-state index in [2.05, 4.69) is 4.98 Å². The number of ether oxygens (including phenoxy) is 1. The van der Waals surface area contributed by atoms with E-state index in [1.165, 1.54) is 18.3 Å². The van der Waals surface area contributed by atoms with E-state index < -0.39 is 5.60 Å². The number of nitrogens with zero attached hydrogens (tertiary/aromatic N) is 1. The molecule has 0 aliphatic rings. The lowest BCUT2D eigenvalue weighted by atomic mass is 10.1. The molecule has 0 unspecified atom stereocenters. The van der Waals surface area contributed by atoms with Crippen molar-refractivity contribution in [2.75, 3.05) is 6.61 Å². The molecule has 78 valence electrons. The number of ketones is 1. The van der Waals surface area contributed by atoms with Crippen LogP contribution in [0.2, 0.25) is 0 Å². The molecule has 1 heterocycles. The van der Waals surface area contributed by atoms with Gasteiger partial charge in [0.15, 0.2) is 5.78 Å². The minimum atomic E-state index is -0.396. The van der Waals surface area contributed by atoms with E-state index in [-0.39, 0.29) is 5.78 Å². The maximum atomic E-state index is 11.0. The average Bonchev–Trinajstić information content (AvgIpc) is 2.51. The van der Waals surface area contributed by atoms with Crippen LogP contribution in [0, 0.1) is 0 Å². The quantitative estimate of drug-likeness (QED) is 0.722. The van der Waals surface area contributed by atoms with Crippen LogP contribution in [0.25, 0.3) is 0 Å². The summed E-state index contributed by atoms with van der Waals surface area (Å²) in [4.78, 5) is 15.3. The lowest BCUT2D eigenvalue weighted by molar-refractivity contribution is -0.0142. The highest BCUT2D eigenvalue weighted by atomic mass is 32.1. The molecule has 1 aromatic rings. The smallest absolute Gasteiger partial charge is 0.178 e. The van der Waals surface area contributed by atoms with Crippen molar-refractivity contribution in [3.63, 3.8) is 0 Å². The predicted octanol–water partition coefficient (Wildman–Crippen LogP) is 2.62. The third-order valence-electron chi connectivity index (χ3n) is 1.89. The van der Waals surface area contributed by atoms with Crippen LogP contribution in [0.3, 0.4) is 0 Å². The van der Waals surface area contributed by atoms with Gasteiger partial charge in [-0.25, -0.2) is 4.98 Å². The van der Waals surface area contributed by atoms with Crippen molar-refractivity contribution in [3.05, 3.63) is 16.1 Å². The Morgan fingerprint density at radius 2 is 2.29 bits per heavy atom. The Balaban J connectivity index is 2.90. The van der Waals surface area contributed by atoms with Crippen LogP contribution in [0.1, 0.15) is 43.2 Å².